The second-order valence-corrected chi connectivity index (χ2v) is 10.5. The van der Waals surface area contributed by atoms with Crippen LogP contribution >= 0.6 is 24.0 Å². The number of anilines is 1. The summed E-state index contributed by atoms with van der Waals surface area (Å²) in [7, 11) is 0. The Morgan fingerprint density at radius 1 is 1.11 bits per heavy atom. The first-order valence-electron chi connectivity index (χ1n) is 12.2. The standard InChI is InChI=1S/C27H30N4O2S2/c1-3-30-24(29-14-9-4-5-10-15-29)21(19(2)22(18-28)25(30)32)17-23-26(33)31(27(34)35-23)16-13-20-11-7-6-8-12-20/h6-8,11-12,17H,3-5,9-10,13-16H2,1-2H3/b23-17+. The molecule has 4 rings (SSSR count). The molecule has 182 valence electrons. The number of nitrogens with zero attached hydrogens (tertiary/aromatic N) is 4. The number of carbonyl (C=O) groups excluding carboxylic acids is 1. The van der Waals surface area contributed by atoms with Crippen LogP contribution in [0.1, 0.15) is 54.9 Å². The van der Waals surface area contributed by atoms with Gasteiger partial charge in [-0.25, -0.2) is 0 Å². The average molecular weight is 507 g/mol. The molecule has 3 heterocycles. The number of thiocarbonyl (C=S) groups is 1. The minimum absolute atomic E-state index is 0.120. The third kappa shape index (κ3) is 5.21. The minimum atomic E-state index is -0.265. The van der Waals surface area contributed by atoms with Crippen molar-refractivity contribution in [1.82, 2.24) is 9.47 Å². The first kappa shape index (κ1) is 25.2. The van der Waals surface area contributed by atoms with E-state index in [0.717, 1.165) is 62.1 Å². The maximum atomic E-state index is 13.4. The van der Waals surface area contributed by atoms with Gasteiger partial charge < -0.3 is 4.90 Å². The second kappa shape index (κ2) is 11.2. The van der Waals surface area contributed by atoms with Gasteiger partial charge in [-0.3, -0.25) is 19.1 Å². The Morgan fingerprint density at radius 2 is 1.80 bits per heavy atom. The minimum Gasteiger partial charge on any atom is -0.357 e. The van der Waals surface area contributed by atoms with Crippen molar-refractivity contribution in [3.05, 3.63) is 67.8 Å². The molecule has 1 aromatic heterocycles. The van der Waals surface area contributed by atoms with E-state index in [1.807, 2.05) is 50.3 Å². The molecule has 2 aliphatic rings. The fourth-order valence-corrected chi connectivity index (χ4v) is 6.06. The summed E-state index contributed by atoms with van der Waals surface area (Å²) in [5.41, 5.74) is 2.42. The molecule has 2 fully saturated rings. The zero-order valence-electron chi connectivity index (χ0n) is 20.2. The van der Waals surface area contributed by atoms with Crippen molar-refractivity contribution < 1.29 is 4.79 Å². The zero-order chi connectivity index (χ0) is 24.9. The number of benzene rings is 1. The van der Waals surface area contributed by atoms with Crippen molar-refractivity contribution in [2.45, 2.75) is 52.5 Å². The lowest BCUT2D eigenvalue weighted by atomic mass is 10.0. The SMILES string of the molecule is CCn1c(N2CCCCCC2)c(/C=C2/SC(=S)N(CCc3ccccc3)C2=O)c(C)c(C#N)c1=O. The third-order valence-electron chi connectivity index (χ3n) is 6.68. The lowest BCUT2D eigenvalue weighted by Crippen LogP contribution is -2.35. The van der Waals surface area contributed by atoms with Crippen molar-refractivity contribution in [2.75, 3.05) is 24.5 Å². The van der Waals surface area contributed by atoms with Crippen molar-refractivity contribution in [3.8, 4) is 6.07 Å². The monoisotopic (exact) mass is 506 g/mol. The molecule has 6 nitrogen and oxygen atoms in total. The van der Waals surface area contributed by atoms with Crippen molar-refractivity contribution >= 4 is 46.1 Å². The van der Waals surface area contributed by atoms with Crippen LogP contribution in [0.4, 0.5) is 5.82 Å². The fourth-order valence-electron chi connectivity index (χ4n) is 4.77. The fraction of sp³-hybridized carbons (Fsp3) is 0.407. The summed E-state index contributed by atoms with van der Waals surface area (Å²) in [5, 5.41) is 9.77. The van der Waals surface area contributed by atoms with Gasteiger partial charge >= 0.3 is 0 Å². The van der Waals surface area contributed by atoms with Crippen LogP contribution in [0, 0.1) is 18.3 Å². The molecule has 0 atom stereocenters. The van der Waals surface area contributed by atoms with Crippen LogP contribution in [0.3, 0.4) is 0 Å². The maximum Gasteiger partial charge on any atom is 0.270 e. The molecule has 8 heteroatoms. The molecule has 0 aliphatic carbocycles. The first-order valence-corrected chi connectivity index (χ1v) is 13.4. The molecule has 2 saturated heterocycles. The lowest BCUT2D eigenvalue weighted by molar-refractivity contribution is -0.122. The molecule has 1 aromatic carbocycles. The zero-order valence-corrected chi connectivity index (χ0v) is 21.9. The van der Waals surface area contributed by atoms with Gasteiger partial charge in [0.25, 0.3) is 11.5 Å². The molecule has 0 N–H and O–H groups in total. The lowest BCUT2D eigenvalue weighted by Gasteiger charge is -2.29. The highest BCUT2D eigenvalue weighted by molar-refractivity contribution is 8.26. The molecule has 0 radical (unpaired) electrons. The summed E-state index contributed by atoms with van der Waals surface area (Å²) in [5.74, 6) is 0.690. The summed E-state index contributed by atoms with van der Waals surface area (Å²) in [4.78, 5) is 31.0. The number of nitriles is 1. The van der Waals surface area contributed by atoms with Gasteiger partial charge in [-0.05, 0) is 50.3 Å². The highest BCUT2D eigenvalue weighted by atomic mass is 32.2. The molecule has 2 aromatic rings. The Morgan fingerprint density at radius 3 is 2.43 bits per heavy atom. The number of aromatic nitrogens is 1. The number of rotatable bonds is 6. The predicted octanol–water partition coefficient (Wildman–Crippen LogP) is 4.87. The molecule has 0 saturated carbocycles. The van der Waals surface area contributed by atoms with Crippen LogP contribution in [0.5, 0.6) is 0 Å². The highest BCUT2D eigenvalue weighted by Crippen LogP contribution is 2.36. The van der Waals surface area contributed by atoms with Gasteiger partial charge in [-0.1, -0.05) is 67.2 Å². The van der Waals surface area contributed by atoms with Gasteiger partial charge in [-0.15, -0.1) is 0 Å². The maximum absolute atomic E-state index is 13.4. The van der Waals surface area contributed by atoms with Crippen molar-refractivity contribution in [1.29, 1.82) is 5.26 Å². The summed E-state index contributed by atoms with van der Waals surface area (Å²) in [6.45, 7) is 6.41. The number of pyridine rings is 1. The van der Waals surface area contributed by atoms with E-state index in [0.29, 0.717) is 27.9 Å². The number of hydrogen-bond acceptors (Lipinski definition) is 6. The van der Waals surface area contributed by atoms with Crippen molar-refractivity contribution in [3.63, 3.8) is 0 Å². The molecule has 0 spiro atoms. The predicted molar refractivity (Wildman–Crippen MR) is 147 cm³/mol. The molecule has 1 amide bonds. The molecular weight excluding hydrogens is 476 g/mol. The van der Waals surface area contributed by atoms with E-state index in [1.54, 1.807) is 9.47 Å². The highest BCUT2D eigenvalue weighted by Gasteiger charge is 2.33. The van der Waals surface area contributed by atoms with E-state index in [2.05, 4.69) is 11.0 Å². The Labute approximate surface area is 216 Å². The smallest absolute Gasteiger partial charge is 0.270 e. The van der Waals surface area contributed by atoms with Crippen LogP contribution in [0.15, 0.2) is 40.0 Å². The number of amides is 1. The van der Waals surface area contributed by atoms with E-state index in [4.69, 9.17) is 12.2 Å². The summed E-state index contributed by atoms with van der Waals surface area (Å²) in [6.07, 6.45) is 7.01. The van der Waals surface area contributed by atoms with Gasteiger partial charge in [-0.2, -0.15) is 5.26 Å². The van der Waals surface area contributed by atoms with Gasteiger partial charge in [0.15, 0.2) is 0 Å². The molecular formula is C27H30N4O2S2. The topological polar surface area (TPSA) is 69.3 Å². The molecule has 35 heavy (non-hydrogen) atoms. The normalized spacial score (nSPS) is 17.7. The van der Waals surface area contributed by atoms with E-state index < -0.39 is 0 Å². The van der Waals surface area contributed by atoms with Gasteiger partial charge in [0, 0.05) is 31.7 Å². The third-order valence-corrected chi connectivity index (χ3v) is 8.06. The quantitative estimate of drug-likeness (QED) is 0.411. The van der Waals surface area contributed by atoms with Crippen molar-refractivity contribution in [2.24, 2.45) is 0 Å². The Hall–Kier alpha value is -2.89. The first-order chi connectivity index (χ1) is 17.0. The average Bonchev–Trinajstić information content (AvgIpc) is 3.03. The second-order valence-electron chi connectivity index (χ2n) is 8.87. The summed E-state index contributed by atoms with van der Waals surface area (Å²) < 4.78 is 2.23. The van der Waals surface area contributed by atoms with E-state index in [-0.39, 0.29) is 17.0 Å². The number of thioether (sulfide) groups is 1. The van der Waals surface area contributed by atoms with Gasteiger partial charge in [0.1, 0.15) is 21.8 Å². The number of hydrogen-bond donors (Lipinski definition) is 0. The Balaban J connectivity index is 1.75. The van der Waals surface area contributed by atoms with E-state index in [9.17, 15) is 14.9 Å². The molecule has 0 bridgehead atoms. The Bertz CT molecular complexity index is 1250. The van der Waals surface area contributed by atoms with Crippen LogP contribution in [-0.2, 0) is 17.8 Å². The summed E-state index contributed by atoms with van der Waals surface area (Å²) >= 11 is 6.85. The van der Waals surface area contributed by atoms with Crippen LogP contribution in [-0.4, -0.2) is 39.3 Å². The molecule has 2 aliphatic heterocycles. The van der Waals surface area contributed by atoms with Gasteiger partial charge in [0.05, 0.1) is 4.91 Å². The van der Waals surface area contributed by atoms with Crippen LogP contribution in [0.25, 0.3) is 6.08 Å². The largest absolute Gasteiger partial charge is 0.357 e. The molecule has 0 unspecified atom stereocenters. The van der Waals surface area contributed by atoms with Crippen LogP contribution in [0.2, 0.25) is 0 Å². The summed E-state index contributed by atoms with van der Waals surface area (Å²) in [6, 6.07) is 12.1. The van der Waals surface area contributed by atoms with Crippen LogP contribution < -0.4 is 10.5 Å². The van der Waals surface area contributed by atoms with E-state index in [1.165, 1.54) is 11.8 Å². The van der Waals surface area contributed by atoms with Gasteiger partial charge in [0.2, 0.25) is 0 Å². The van der Waals surface area contributed by atoms with E-state index >= 15 is 0 Å². The number of carbonyl (C=O) groups is 1. The Kier molecular flexibility index (Phi) is 8.09.